The van der Waals surface area contributed by atoms with E-state index in [4.69, 9.17) is 5.11 Å². The zero-order chi connectivity index (χ0) is 15.6. The SMILES string of the molecule is Cc1cc(Br)cc(C)c1NC(=O)N1CCC(CC(=O)O)C1. The molecule has 0 spiro atoms. The van der Waals surface area contributed by atoms with Crippen molar-refractivity contribution in [2.24, 2.45) is 5.92 Å². The highest BCUT2D eigenvalue weighted by Crippen LogP contribution is 2.26. The molecule has 114 valence electrons. The van der Waals surface area contributed by atoms with Crippen LogP contribution in [0.3, 0.4) is 0 Å². The van der Waals surface area contributed by atoms with E-state index >= 15 is 0 Å². The lowest BCUT2D eigenvalue weighted by Gasteiger charge is -2.19. The average molecular weight is 355 g/mol. The van der Waals surface area contributed by atoms with Crippen molar-refractivity contribution < 1.29 is 14.7 Å². The topological polar surface area (TPSA) is 69.6 Å². The van der Waals surface area contributed by atoms with Crippen molar-refractivity contribution >= 4 is 33.6 Å². The van der Waals surface area contributed by atoms with Gasteiger partial charge in [-0.2, -0.15) is 0 Å². The summed E-state index contributed by atoms with van der Waals surface area (Å²) in [6.45, 7) is 5.01. The molecule has 0 aliphatic carbocycles. The number of amides is 2. The van der Waals surface area contributed by atoms with Crippen molar-refractivity contribution in [3.63, 3.8) is 0 Å². The standard InChI is InChI=1S/C15H19BrN2O3/c1-9-5-12(16)6-10(2)14(9)17-15(21)18-4-3-11(8-18)7-13(19)20/h5-6,11H,3-4,7-8H2,1-2H3,(H,17,21)(H,19,20). The van der Waals surface area contributed by atoms with Crippen LogP contribution in [0.4, 0.5) is 10.5 Å². The van der Waals surface area contributed by atoms with Gasteiger partial charge in [0.1, 0.15) is 0 Å². The molecule has 2 amide bonds. The van der Waals surface area contributed by atoms with E-state index in [-0.39, 0.29) is 18.4 Å². The number of carbonyl (C=O) groups excluding carboxylic acids is 1. The van der Waals surface area contributed by atoms with Crippen LogP contribution in [0.5, 0.6) is 0 Å². The molecule has 6 heteroatoms. The van der Waals surface area contributed by atoms with Gasteiger partial charge in [-0.3, -0.25) is 4.79 Å². The molecule has 1 aromatic carbocycles. The summed E-state index contributed by atoms with van der Waals surface area (Å²) in [6.07, 6.45) is 0.873. The van der Waals surface area contributed by atoms with Gasteiger partial charge in [-0.1, -0.05) is 15.9 Å². The van der Waals surface area contributed by atoms with Gasteiger partial charge < -0.3 is 15.3 Å². The van der Waals surface area contributed by atoms with Crippen molar-refractivity contribution in [3.8, 4) is 0 Å². The van der Waals surface area contributed by atoms with E-state index in [0.29, 0.717) is 13.1 Å². The molecular weight excluding hydrogens is 336 g/mol. The largest absolute Gasteiger partial charge is 0.481 e. The highest BCUT2D eigenvalue weighted by molar-refractivity contribution is 9.10. The molecular formula is C15H19BrN2O3. The van der Waals surface area contributed by atoms with Crippen molar-refractivity contribution in [2.45, 2.75) is 26.7 Å². The van der Waals surface area contributed by atoms with Crippen LogP contribution in [-0.4, -0.2) is 35.1 Å². The number of aliphatic carboxylic acids is 1. The van der Waals surface area contributed by atoms with Gasteiger partial charge in [0, 0.05) is 29.7 Å². The summed E-state index contributed by atoms with van der Waals surface area (Å²) >= 11 is 3.43. The van der Waals surface area contributed by atoms with E-state index in [1.54, 1.807) is 4.90 Å². The Morgan fingerprint density at radius 3 is 2.57 bits per heavy atom. The molecule has 0 radical (unpaired) electrons. The minimum Gasteiger partial charge on any atom is -0.481 e. The van der Waals surface area contributed by atoms with Crippen molar-refractivity contribution in [1.29, 1.82) is 0 Å². The normalized spacial score (nSPS) is 17.9. The molecule has 1 heterocycles. The van der Waals surface area contributed by atoms with Gasteiger partial charge in [0.15, 0.2) is 0 Å². The van der Waals surface area contributed by atoms with Crippen molar-refractivity contribution in [1.82, 2.24) is 4.90 Å². The smallest absolute Gasteiger partial charge is 0.321 e. The maximum Gasteiger partial charge on any atom is 0.321 e. The lowest BCUT2D eigenvalue weighted by Crippen LogP contribution is -2.33. The zero-order valence-corrected chi connectivity index (χ0v) is 13.7. The Hall–Kier alpha value is -1.56. The third-order valence-electron chi connectivity index (χ3n) is 3.77. The quantitative estimate of drug-likeness (QED) is 0.873. The molecule has 0 bridgehead atoms. The van der Waals surface area contributed by atoms with Gasteiger partial charge in [-0.15, -0.1) is 0 Å². The Bertz CT molecular complexity index is 551. The fraction of sp³-hybridized carbons (Fsp3) is 0.467. The maximum absolute atomic E-state index is 12.3. The number of hydrogen-bond acceptors (Lipinski definition) is 2. The summed E-state index contributed by atoms with van der Waals surface area (Å²) < 4.78 is 0.984. The Kier molecular flexibility index (Phi) is 4.88. The molecule has 5 nitrogen and oxygen atoms in total. The fourth-order valence-electron chi connectivity index (χ4n) is 2.72. The van der Waals surface area contributed by atoms with Gasteiger partial charge in [0.05, 0.1) is 0 Å². The zero-order valence-electron chi connectivity index (χ0n) is 12.1. The summed E-state index contributed by atoms with van der Waals surface area (Å²) in [5.41, 5.74) is 2.82. The number of halogens is 1. The highest BCUT2D eigenvalue weighted by atomic mass is 79.9. The number of carboxylic acid groups (broad SMARTS) is 1. The van der Waals surface area contributed by atoms with Crippen LogP contribution in [-0.2, 0) is 4.79 Å². The fourth-order valence-corrected chi connectivity index (χ4v) is 3.41. The Morgan fingerprint density at radius 1 is 1.38 bits per heavy atom. The number of hydrogen-bond donors (Lipinski definition) is 2. The summed E-state index contributed by atoms with van der Waals surface area (Å²) in [4.78, 5) is 24.7. The number of carboxylic acids is 1. The van der Waals surface area contributed by atoms with Crippen molar-refractivity contribution in [2.75, 3.05) is 18.4 Å². The van der Waals surface area contributed by atoms with Gasteiger partial charge >= 0.3 is 12.0 Å². The van der Waals surface area contributed by atoms with Gasteiger partial charge in [0.2, 0.25) is 0 Å². The molecule has 1 saturated heterocycles. The van der Waals surface area contributed by atoms with E-state index in [9.17, 15) is 9.59 Å². The molecule has 2 N–H and O–H groups in total. The highest BCUT2D eigenvalue weighted by Gasteiger charge is 2.28. The molecule has 1 aliphatic heterocycles. The number of nitrogens with one attached hydrogen (secondary N) is 1. The lowest BCUT2D eigenvalue weighted by molar-refractivity contribution is -0.138. The number of rotatable bonds is 3. The lowest BCUT2D eigenvalue weighted by atomic mass is 10.1. The summed E-state index contributed by atoms with van der Waals surface area (Å²) in [7, 11) is 0. The number of likely N-dealkylation sites (tertiary alicyclic amines) is 1. The number of urea groups is 1. The minimum absolute atomic E-state index is 0.0559. The first-order valence-corrected chi connectivity index (χ1v) is 7.70. The van der Waals surface area contributed by atoms with Gasteiger partial charge in [0.25, 0.3) is 0 Å². The van der Waals surface area contributed by atoms with Crippen LogP contribution in [0.25, 0.3) is 0 Å². The van der Waals surface area contributed by atoms with Crippen molar-refractivity contribution in [3.05, 3.63) is 27.7 Å². The van der Waals surface area contributed by atoms with Crippen LogP contribution in [0.1, 0.15) is 24.0 Å². The van der Waals surface area contributed by atoms with Crippen LogP contribution >= 0.6 is 15.9 Å². The third kappa shape index (κ3) is 3.97. The second kappa shape index (κ2) is 6.47. The van der Waals surface area contributed by atoms with E-state index in [1.165, 1.54) is 0 Å². The third-order valence-corrected chi connectivity index (χ3v) is 4.22. The predicted molar refractivity (Wildman–Crippen MR) is 84.6 cm³/mol. The molecule has 0 saturated carbocycles. The minimum atomic E-state index is -0.804. The average Bonchev–Trinajstić information content (AvgIpc) is 2.81. The number of aryl methyl sites for hydroxylation is 2. The second-order valence-corrected chi connectivity index (χ2v) is 6.46. The molecule has 1 aliphatic rings. The van der Waals surface area contributed by atoms with Gasteiger partial charge in [-0.05, 0) is 49.4 Å². The van der Waals surface area contributed by atoms with Crippen LogP contribution in [0.15, 0.2) is 16.6 Å². The Morgan fingerprint density at radius 2 is 2.00 bits per heavy atom. The first-order chi connectivity index (χ1) is 9.86. The maximum atomic E-state index is 12.3. The van der Waals surface area contributed by atoms with Crippen LogP contribution < -0.4 is 5.32 Å². The number of anilines is 1. The second-order valence-electron chi connectivity index (χ2n) is 5.54. The molecule has 1 atom stereocenters. The molecule has 0 aromatic heterocycles. The monoisotopic (exact) mass is 354 g/mol. The molecule has 2 rings (SSSR count). The Balaban J connectivity index is 2.01. The molecule has 1 fully saturated rings. The molecule has 21 heavy (non-hydrogen) atoms. The van der Waals surface area contributed by atoms with Gasteiger partial charge in [-0.25, -0.2) is 4.79 Å². The molecule has 1 unspecified atom stereocenters. The summed E-state index contributed by atoms with van der Waals surface area (Å²) in [5, 5.41) is 11.7. The van der Waals surface area contributed by atoms with Crippen LogP contribution in [0.2, 0.25) is 0 Å². The summed E-state index contributed by atoms with van der Waals surface area (Å²) in [6, 6.07) is 3.76. The predicted octanol–water partition coefficient (Wildman–Crippen LogP) is 3.39. The summed E-state index contributed by atoms with van der Waals surface area (Å²) in [5.74, 6) is -0.748. The van der Waals surface area contributed by atoms with E-state index in [2.05, 4.69) is 21.2 Å². The van der Waals surface area contributed by atoms with Crippen LogP contribution in [0, 0.1) is 19.8 Å². The number of carbonyl (C=O) groups is 2. The van der Waals surface area contributed by atoms with E-state index < -0.39 is 5.97 Å². The first kappa shape index (κ1) is 15.8. The number of benzene rings is 1. The number of nitrogens with zero attached hydrogens (tertiary/aromatic N) is 1. The first-order valence-electron chi connectivity index (χ1n) is 6.91. The Labute approximate surface area is 132 Å². The van der Waals surface area contributed by atoms with E-state index in [0.717, 1.165) is 27.7 Å². The molecule has 1 aromatic rings. The van der Waals surface area contributed by atoms with E-state index in [1.807, 2.05) is 26.0 Å².